The van der Waals surface area contributed by atoms with Gasteiger partial charge in [-0.3, -0.25) is 9.59 Å². The van der Waals surface area contributed by atoms with Gasteiger partial charge in [0.25, 0.3) is 5.78 Å². The van der Waals surface area contributed by atoms with Crippen molar-refractivity contribution in [3.63, 3.8) is 0 Å². The van der Waals surface area contributed by atoms with Crippen LogP contribution in [-0.2, 0) is 9.59 Å². The van der Waals surface area contributed by atoms with E-state index in [0.29, 0.717) is 5.76 Å². The van der Waals surface area contributed by atoms with E-state index in [4.69, 9.17) is 4.42 Å². The van der Waals surface area contributed by atoms with Gasteiger partial charge in [0.1, 0.15) is 0 Å². The maximum absolute atomic E-state index is 11.0. The summed E-state index contributed by atoms with van der Waals surface area (Å²) in [4.78, 5) is 21.7. The molecule has 0 saturated carbocycles. The number of amides is 1. The Bertz CT molecular complexity index is 364. The SMILES string of the molecule is O=C1NN=C(c2ccco2)C1=O. The van der Waals surface area contributed by atoms with Crippen LogP contribution in [0.1, 0.15) is 5.76 Å². The second-order valence-electron chi connectivity index (χ2n) is 2.21. The van der Waals surface area contributed by atoms with Gasteiger partial charge in [0.15, 0.2) is 11.5 Å². The minimum Gasteiger partial charge on any atom is -0.462 e. The van der Waals surface area contributed by atoms with Crippen molar-refractivity contribution in [3.8, 4) is 0 Å². The summed E-state index contributed by atoms with van der Waals surface area (Å²) in [6.07, 6.45) is 1.41. The summed E-state index contributed by atoms with van der Waals surface area (Å²) in [6, 6.07) is 3.19. The Morgan fingerprint density at radius 3 is 2.75 bits per heavy atom. The number of hydrogen-bond donors (Lipinski definition) is 1. The van der Waals surface area contributed by atoms with Gasteiger partial charge in [0.2, 0.25) is 0 Å². The lowest BCUT2D eigenvalue weighted by Gasteiger charge is -1.86. The number of rotatable bonds is 1. The van der Waals surface area contributed by atoms with Crippen molar-refractivity contribution in [2.75, 3.05) is 0 Å². The van der Waals surface area contributed by atoms with E-state index < -0.39 is 11.7 Å². The third-order valence-electron chi connectivity index (χ3n) is 1.45. The molecule has 0 unspecified atom stereocenters. The van der Waals surface area contributed by atoms with Crippen molar-refractivity contribution < 1.29 is 14.0 Å². The van der Waals surface area contributed by atoms with Crippen molar-refractivity contribution in [1.82, 2.24) is 5.43 Å². The molecule has 1 aromatic heterocycles. The van der Waals surface area contributed by atoms with E-state index in [9.17, 15) is 9.59 Å². The zero-order valence-corrected chi connectivity index (χ0v) is 5.90. The summed E-state index contributed by atoms with van der Waals surface area (Å²) < 4.78 is 4.89. The number of furan rings is 1. The van der Waals surface area contributed by atoms with E-state index >= 15 is 0 Å². The normalized spacial score (nSPS) is 16.2. The molecule has 1 aliphatic rings. The number of nitrogens with zero attached hydrogens (tertiary/aromatic N) is 1. The third-order valence-corrected chi connectivity index (χ3v) is 1.45. The van der Waals surface area contributed by atoms with Crippen LogP contribution in [0.2, 0.25) is 0 Å². The van der Waals surface area contributed by atoms with Crippen molar-refractivity contribution >= 4 is 17.4 Å². The Morgan fingerprint density at radius 1 is 1.42 bits per heavy atom. The lowest BCUT2D eigenvalue weighted by Crippen LogP contribution is -2.22. The van der Waals surface area contributed by atoms with E-state index in [1.165, 1.54) is 6.26 Å². The van der Waals surface area contributed by atoms with Gasteiger partial charge in [0.05, 0.1) is 6.26 Å². The molecular weight excluding hydrogens is 160 g/mol. The summed E-state index contributed by atoms with van der Waals surface area (Å²) in [5.74, 6) is -1.08. The van der Waals surface area contributed by atoms with Gasteiger partial charge < -0.3 is 4.42 Å². The van der Waals surface area contributed by atoms with Crippen molar-refractivity contribution in [2.45, 2.75) is 0 Å². The first-order valence-corrected chi connectivity index (χ1v) is 3.25. The standard InChI is InChI=1S/C7H4N2O3/c10-6-5(8-9-7(6)11)4-2-1-3-12-4/h1-3H,(H,9,10,11). The average molecular weight is 164 g/mol. The number of carbonyl (C=O) groups excluding carboxylic acids is 2. The van der Waals surface area contributed by atoms with Crippen LogP contribution in [0.5, 0.6) is 0 Å². The molecule has 0 fully saturated rings. The summed E-state index contributed by atoms with van der Waals surface area (Å²) in [6.45, 7) is 0. The van der Waals surface area contributed by atoms with Crippen molar-refractivity contribution in [3.05, 3.63) is 24.2 Å². The van der Waals surface area contributed by atoms with Crippen LogP contribution in [-0.4, -0.2) is 17.4 Å². The highest BCUT2D eigenvalue weighted by Crippen LogP contribution is 2.05. The fourth-order valence-electron chi connectivity index (χ4n) is 0.896. The highest BCUT2D eigenvalue weighted by molar-refractivity contribution is 6.69. The molecule has 60 valence electrons. The molecule has 2 rings (SSSR count). The van der Waals surface area contributed by atoms with E-state index in [-0.39, 0.29) is 5.71 Å². The molecule has 1 aromatic rings. The van der Waals surface area contributed by atoms with Crippen molar-refractivity contribution in [1.29, 1.82) is 0 Å². The largest absolute Gasteiger partial charge is 0.462 e. The summed E-state index contributed by atoms with van der Waals surface area (Å²) in [5.41, 5.74) is 2.08. The number of Topliss-reactive ketones (excluding diaryl/α,β-unsaturated/α-hetero) is 1. The first-order chi connectivity index (χ1) is 5.79. The van der Waals surface area contributed by atoms with E-state index in [0.717, 1.165) is 0 Å². The minimum atomic E-state index is -0.721. The predicted molar refractivity (Wildman–Crippen MR) is 38.4 cm³/mol. The fraction of sp³-hybridized carbons (Fsp3) is 0. The van der Waals surface area contributed by atoms with Gasteiger partial charge in [-0.25, -0.2) is 5.43 Å². The molecule has 0 bridgehead atoms. The Labute approximate surface area is 67.1 Å². The maximum Gasteiger partial charge on any atom is 0.314 e. The van der Waals surface area contributed by atoms with Crippen LogP contribution in [0.25, 0.3) is 0 Å². The molecule has 0 aliphatic carbocycles. The Morgan fingerprint density at radius 2 is 2.25 bits per heavy atom. The molecule has 12 heavy (non-hydrogen) atoms. The zero-order chi connectivity index (χ0) is 8.55. The van der Waals surface area contributed by atoms with Crippen LogP contribution in [0.4, 0.5) is 0 Å². The fourth-order valence-corrected chi connectivity index (χ4v) is 0.896. The van der Waals surface area contributed by atoms with Crippen LogP contribution in [0.3, 0.4) is 0 Å². The van der Waals surface area contributed by atoms with Gasteiger partial charge in [-0.1, -0.05) is 0 Å². The predicted octanol–water partition coefficient (Wildman–Crippen LogP) is -0.317. The minimum absolute atomic E-state index is 0.0324. The quantitative estimate of drug-likeness (QED) is 0.578. The highest BCUT2D eigenvalue weighted by Gasteiger charge is 2.29. The maximum atomic E-state index is 11.0. The molecule has 0 saturated heterocycles. The van der Waals surface area contributed by atoms with Crippen LogP contribution in [0, 0.1) is 0 Å². The number of nitrogens with one attached hydrogen (secondary N) is 1. The molecule has 1 amide bonds. The van der Waals surface area contributed by atoms with Crippen LogP contribution >= 0.6 is 0 Å². The highest BCUT2D eigenvalue weighted by atomic mass is 16.3. The Balaban J connectivity index is 2.39. The van der Waals surface area contributed by atoms with Gasteiger partial charge in [-0.2, -0.15) is 5.10 Å². The Kier molecular flexibility index (Phi) is 1.30. The number of hydrogen-bond acceptors (Lipinski definition) is 4. The second kappa shape index (κ2) is 2.30. The first-order valence-electron chi connectivity index (χ1n) is 3.25. The summed E-state index contributed by atoms with van der Waals surface area (Å²) in [5, 5.41) is 3.51. The Hall–Kier alpha value is -1.91. The van der Waals surface area contributed by atoms with Gasteiger partial charge in [-0.05, 0) is 12.1 Å². The number of carbonyl (C=O) groups is 2. The van der Waals surface area contributed by atoms with Crippen LogP contribution < -0.4 is 5.43 Å². The third kappa shape index (κ3) is 0.833. The topological polar surface area (TPSA) is 71.7 Å². The van der Waals surface area contributed by atoms with E-state index in [1.807, 2.05) is 5.43 Å². The van der Waals surface area contributed by atoms with E-state index in [1.54, 1.807) is 12.1 Å². The molecule has 2 heterocycles. The molecule has 0 spiro atoms. The lowest BCUT2D eigenvalue weighted by molar-refractivity contribution is -0.133. The molecule has 1 aliphatic heterocycles. The van der Waals surface area contributed by atoms with Gasteiger partial charge in [0, 0.05) is 0 Å². The summed E-state index contributed by atoms with van der Waals surface area (Å²) >= 11 is 0. The smallest absolute Gasteiger partial charge is 0.314 e. The molecule has 0 aromatic carbocycles. The second-order valence-corrected chi connectivity index (χ2v) is 2.21. The number of hydrazone groups is 1. The molecule has 5 heteroatoms. The van der Waals surface area contributed by atoms with Gasteiger partial charge in [-0.15, -0.1) is 0 Å². The molecule has 1 N–H and O–H groups in total. The molecular formula is C7H4N2O3. The van der Waals surface area contributed by atoms with Crippen molar-refractivity contribution in [2.24, 2.45) is 5.10 Å². The summed E-state index contributed by atoms with van der Waals surface area (Å²) in [7, 11) is 0. The monoisotopic (exact) mass is 164 g/mol. The molecule has 0 radical (unpaired) electrons. The first kappa shape index (κ1) is 6.78. The van der Waals surface area contributed by atoms with E-state index in [2.05, 4.69) is 5.10 Å². The number of ketones is 1. The molecule has 5 nitrogen and oxygen atoms in total. The lowest BCUT2D eigenvalue weighted by atomic mass is 10.2. The molecule has 0 atom stereocenters. The zero-order valence-electron chi connectivity index (χ0n) is 5.90. The average Bonchev–Trinajstić information content (AvgIpc) is 2.64. The van der Waals surface area contributed by atoms with Gasteiger partial charge >= 0.3 is 5.91 Å². The van der Waals surface area contributed by atoms with Crippen LogP contribution in [0.15, 0.2) is 27.9 Å².